The van der Waals surface area contributed by atoms with Crippen molar-refractivity contribution >= 4 is 11.6 Å². The topological polar surface area (TPSA) is 53.7 Å². The molecular formula is C16H15ClFNO3. The Hall–Kier alpha value is -1.98. The van der Waals surface area contributed by atoms with Gasteiger partial charge in [0, 0.05) is 23.7 Å². The highest BCUT2D eigenvalue weighted by Crippen LogP contribution is 2.44. The number of hydrogen-bond donors (Lipinski definition) is 1. The maximum atomic E-state index is 13.9. The Labute approximate surface area is 132 Å². The van der Waals surface area contributed by atoms with Crippen LogP contribution in [0.1, 0.15) is 0 Å². The first-order chi connectivity index (χ1) is 10.6. The SMILES string of the molecule is COc1ccc(-c2cc(F)cc3c2O[C@@H](CN)CO3)c(Cl)c1. The van der Waals surface area contributed by atoms with Crippen LogP contribution >= 0.6 is 11.6 Å². The molecule has 0 saturated heterocycles. The molecule has 2 N–H and O–H groups in total. The first kappa shape index (κ1) is 14.9. The van der Waals surface area contributed by atoms with E-state index in [9.17, 15) is 4.39 Å². The van der Waals surface area contributed by atoms with Crippen LogP contribution in [0.4, 0.5) is 4.39 Å². The normalized spacial score (nSPS) is 16.5. The molecule has 0 saturated carbocycles. The number of hydrogen-bond acceptors (Lipinski definition) is 4. The van der Waals surface area contributed by atoms with Crippen molar-refractivity contribution < 1.29 is 18.6 Å². The third-order valence-electron chi connectivity index (χ3n) is 3.46. The predicted molar refractivity (Wildman–Crippen MR) is 82.4 cm³/mol. The van der Waals surface area contributed by atoms with Gasteiger partial charge < -0.3 is 19.9 Å². The summed E-state index contributed by atoms with van der Waals surface area (Å²) in [6.45, 7) is 0.606. The van der Waals surface area contributed by atoms with Gasteiger partial charge in [0.2, 0.25) is 0 Å². The number of ether oxygens (including phenoxy) is 3. The van der Waals surface area contributed by atoms with Crippen LogP contribution in [0.2, 0.25) is 5.02 Å². The molecule has 0 radical (unpaired) electrons. The van der Waals surface area contributed by atoms with Gasteiger partial charge in [-0.3, -0.25) is 0 Å². The van der Waals surface area contributed by atoms with Crippen LogP contribution in [-0.2, 0) is 0 Å². The largest absolute Gasteiger partial charge is 0.497 e. The van der Waals surface area contributed by atoms with Crippen molar-refractivity contribution in [2.45, 2.75) is 6.10 Å². The van der Waals surface area contributed by atoms with Crippen LogP contribution in [-0.4, -0.2) is 26.4 Å². The zero-order valence-corrected chi connectivity index (χ0v) is 12.7. The second-order valence-corrected chi connectivity index (χ2v) is 5.32. The van der Waals surface area contributed by atoms with Crippen molar-refractivity contribution in [1.29, 1.82) is 0 Å². The van der Waals surface area contributed by atoms with Crippen LogP contribution < -0.4 is 19.9 Å². The van der Waals surface area contributed by atoms with Crippen LogP contribution in [0.25, 0.3) is 11.1 Å². The Kier molecular flexibility index (Phi) is 4.09. The van der Waals surface area contributed by atoms with Gasteiger partial charge in [0.15, 0.2) is 11.5 Å². The summed E-state index contributed by atoms with van der Waals surface area (Å²) < 4.78 is 30.4. The van der Waals surface area contributed by atoms with E-state index in [4.69, 9.17) is 31.5 Å². The molecule has 1 heterocycles. The standard InChI is InChI=1S/C16H15ClFNO3/c1-20-10-2-3-12(14(17)6-10)13-4-9(18)5-15-16(13)22-11(7-19)8-21-15/h2-6,11H,7-8,19H2,1H3/t11-/m0/s1. The first-order valence-electron chi connectivity index (χ1n) is 6.79. The lowest BCUT2D eigenvalue weighted by Gasteiger charge is -2.27. The fourth-order valence-electron chi connectivity index (χ4n) is 2.34. The molecule has 1 aliphatic rings. The third kappa shape index (κ3) is 2.69. The van der Waals surface area contributed by atoms with E-state index in [-0.39, 0.29) is 6.10 Å². The van der Waals surface area contributed by atoms with E-state index in [1.54, 1.807) is 25.3 Å². The summed E-state index contributed by atoms with van der Waals surface area (Å²) in [5.74, 6) is 1.01. The summed E-state index contributed by atoms with van der Waals surface area (Å²) in [5, 5.41) is 0.436. The zero-order chi connectivity index (χ0) is 15.7. The maximum Gasteiger partial charge on any atom is 0.169 e. The van der Waals surface area contributed by atoms with Gasteiger partial charge in [-0.15, -0.1) is 0 Å². The van der Waals surface area contributed by atoms with Gasteiger partial charge in [-0.25, -0.2) is 4.39 Å². The number of methoxy groups -OCH3 is 1. The Morgan fingerprint density at radius 2 is 2.14 bits per heavy atom. The highest BCUT2D eigenvalue weighted by Gasteiger charge is 2.25. The second kappa shape index (κ2) is 6.02. The van der Waals surface area contributed by atoms with Gasteiger partial charge >= 0.3 is 0 Å². The molecule has 0 aromatic heterocycles. The number of fused-ring (bicyclic) bond motifs is 1. The molecule has 2 aromatic carbocycles. The molecule has 0 unspecified atom stereocenters. The van der Waals surface area contributed by atoms with Crippen LogP contribution in [0.3, 0.4) is 0 Å². The van der Waals surface area contributed by atoms with E-state index >= 15 is 0 Å². The molecule has 2 aromatic rings. The van der Waals surface area contributed by atoms with Gasteiger partial charge in [-0.2, -0.15) is 0 Å². The van der Waals surface area contributed by atoms with Gasteiger partial charge in [0.25, 0.3) is 0 Å². The molecule has 4 nitrogen and oxygen atoms in total. The van der Waals surface area contributed by atoms with Gasteiger partial charge in [-0.1, -0.05) is 11.6 Å². The molecule has 0 bridgehead atoms. The summed E-state index contributed by atoms with van der Waals surface area (Å²) in [6.07, 6.45) is -0.270. The third-order valence-corrected chi connectivity index (χ3v) is 3.77. The highest BCUT2D eigenvalue weighted by atomic mass is 35.5. The van der Waals surface area contributed by atoms with E-state index in [0.29, 0.717) is 46.5 Å². The molecule has 0 spiro atoms. The lowest BCUT2D eigenvalue weighted by molar-refractivity contribution is 0.0971. The fraction of sp³-hybridized carbons (Fsp3) is 0.250. The molecule has 0 fully saturated rings. The zero-order valence-electron chi connectivity index (χ0n) is 11.9. The average molecular weight is 324 g/mol. The number of nitrogens with two attached hydrogens (primary N) is 1. The Bertz CT molecular complexity index is 708. The molecule has 1 aliphatic heterocycles. The molecule has 0 amide bonds. The molecule has 116 valence electrons. The predicted octanol–water partition coefficient (Wildman–Crippen LogP) is 3.25. The van der Waals surface area contributed by atoms with E-state index in [2.05, 4.69) is 0 Å². The number of benzene rings is 2. The highest BCUT2D eigenvalue weighted by molar-refractivity contribution is 6.33. The van der Waals surface area contributed by atoms with E-state index in [0.717, 1.165) is 0 Å². The summed E-state index contributed by atoms with van der Waals surface area (Å²) in [7, 11) is 1.55. The second-order valence-electron chi connectivity index (χ2n) is 4.91. The summed E-state index contributed by atoms with van der Waals surface area (Å²) in [4.78, 5) is 0. The smallest absolute Gasteiger partial charge is 0.169 e. The average Bonchev–Trinajstić information content (AvgIpc) is 2.53. The first-order valence-corrected chi connectivity index (χ1v) is 7.17. The lowest BCUT2D eigenvalue weighted by Crippen LogP contribution is -2.36. The lowest BCUT2D eigenvalue weighted by atomic mass is 10.0. The summed E-state index contributed by atoms with van der Waals surface area (Å²) in [6, 6.07) is 7.84. The number of rotatable bonds is 3. The monoisotopic (exact) mass is 323 g/mol. The van der Waals surface area contributed by atoms with E-state index in [1.807, 2.05) is 0 Å². The van der Waals surface area contributed by atoms with E-state index < -0.39 is 5.82 Å². The van der Waals surface area contributed by atoms with Crippen LogP contribution in [0, 0.1) is 5.82 Å². The summed E-state index contributed by atoms with van der Waals surface area (Å²) in [5.41, 5.74) is 6.79. The van der Waals surface area contributed by atoms with Gasteiger partial charge in [0.1, 0.15) is 24.3 Å². The molecule has 6 heteroatoms. The van der Waals surface area contributed by atoms with Crippen molar-refractivity contribution in [1.82, 2.24) is 0 Å². The van der Waals surface area contributed by atoms with Crippen molar-refractivity contribution in [2.24, 2.45) is 5.73 Å². The Balaban J connectivity index is 2.13. The Morgan fingerprint density at radius 1 is 1.32 bits per heavy atom. The molecular weight excluding hydrogens is 309 g/mol. The fourth-order valence-corrected chi connectivity index (χ4v) is 2.61. The van der Waals surface area contributed by atoms with Crippen LogP contribution in [0.5, 0.6) is 17.2 Å². The molecule has 1 atom stereocenters. The molecule has 0 aliphatic carbocycles. The van der Waals surface area contributed by atoms with Gasteiger partial charge in [-0.05, 0) is 24.3 Å². The van der Waals surface area contributed by atoms with Crippen molar-refractivity contribution in [3.05, 3.63) is 41.2 Å². The van der Waals surface area contributed by atoms with Crippen LogP contribution in [0.15, 0.2) is 30.3 Å². The summed E-state index contributed by atoms with van der Waals surface area (Å²) >= 11 is 6.28. The maximum absolute atomic E-state index is 13.9. The Morgan fingerprint density at radius 3 is 2.82 bits per heavy atom. The minimum Gasteiger partial charge on any atom is -0.497 e. The van der Waals surface area contributed by atoms with Crippen molar-refractivity contribution in [2.75, 3.05) is 20.3 Å². The molecule has 22 heavy (non-hydrogen) atoms. The van der Waals surface area contributed by atoms with Crippen molar-refractivity contribution in [3.8, 4) is 28.4 Å². The van der Waals surface area contributed by atoms with Gasteiger partial charge in [0.05, 0.1) is 12.1 Å². The number of halogens is 2. The minimum atomic E-state index is -0.421. The molecule has 3 rings (SSSR count). The van der Waals surface area contributed by atoms with Crippen molar-refractivity contribution in [3.63, 3.8) is 0 Å². The quantitative estimate of drug-likeness (QED) is 0.942. The minimum absolute atomic E-state index is 0.270. The van der Waals surface area contributed by atoms with E-state index in [1.165, 1.54) is 12.1 Å².